The molecule has 14 heteroatoms. The molecule has 1 fully saturated rings. The number of unbranched alkanes of at least 4 members (excludes halogenated alkanes) is 23. The smallest absolute Gasteiger partial charge is 0.462 e. The number of aliphatic hydroxyl groups is 5. The summed E-state index contributed by atoms with van der Waals surface area (Å²) in [5.41, 5.74) is 0. The van der Waals surface area contributed by atoms with E-state index in [1.165, 1.54) is 122 Å². The maximum atomic E-state index is 12.8. The normalized spacial score (nSPS) is 22.0. The molecule has 0 aromatic carbocycles. The van der Waals surface area contributed by atoms with Crippen molar-refractivity contribution in [3.05, 3.63) is 36.5 Å². The van der Waals surface area contributed by atoms with Gasteiger partial charge in [-0.2, -0.15) is 0 Å². The molecule has 0 saturated heterocycles. The fourth-order valence-electron chi connectivity index (χ4n) is 7.45. The van der Waals surface area contributed by atoms with Crippen LogP contribution in [0.25, 0.3) is 0 Å². The van der Waals surface area contributed by atoms with E-state index in [0.29, 0.717) is 12.8 Å². The summed E-state index contributed by atoms with van der Waals surface area (Å²) in [5.74, 6) is -1.18. The van der Waals surface area contributed by atoms with Crippen molar-refractivity contribution in [3.8, 4) is 0 Å². The van der Waals surface area contributed by atoms with Gasteiger partial charge in [0.2, 0.25) is 0 Å². The lowest BCUT2D eigenvalue weighted by Crippen LogP contribution is -2.64. The van der Waals surface area contributed by atoms with Gasteiger partial charge in [0.25, 0.3) is 0 Å². The average Bonchev–Trinajstić information content (AvgIpc) is 3.26. The molecule has 1 aliphatic rings. The van der Waals surface area contributed by atoms with Gasteiger partial charge in [-0.3, -0.25) is 18.6 Å². The summed E-state index contributed by atoms with van der Waals surface area (Å²) in [6.45, 7) is 3.25. The van der Waals surface area contributed by atoms with Crippen LogP contribution in [0.4, 0.5) is 0 Å². The summed E-state index contributed by atoms with van der Waals surface area (Å²) in [7, 11) is -5.13. The Balaban J connectivity index is 2.41. The van der Waals surface area contributed by atoms with Crippen LogP contribution < -0.4 is 0 Å². The Kier molecular flexibility index (Phi) is 36.8. The molecule has 0 spiro atoms. The largest absolute Gasteiger partial charge is 0.472 e. The summed E-state index contributed by atoms with van der Waals surface area (Å²) in [6.07, 6.45) is 32.2. The third-order valence-corrected chi connectivity index (χ3v) is 12.5. The summed E-state index contributed by atoms with van der Waals surface area (Å²) in [6, 6.07) is 0. The number of aliphatic hydroxyl groups excluding tert-OH is 5. The molecule has 368 valence electrons. The number of esters is 2. The zero-order valence-electron chi connectivity index (χ0n) is 39.1. The van der Waals surface area contributed by atoms with E-state index in [0.717, 1.165) is 44.9 Å². The van der Waals surface area contributed by atoms with Crippen molar-refractivity contribution < 1.29 is 63.1 Å². The fraction of sp³-hybridized carbons (Fsp3) is 0.837. The van der Waals surface area contributed by atoms with Gasteiger partial charge in [0.1, 0.15) is 43.2 Å². The second kappa shape index (κ2) is 39.3. The molecule has 6 N–H and O–H groups in total. The van der Waals surface area contributed by atoms with E-state index in [4.69, 9.17) is 18.5 Å². The number of phosphoric ester groups is 1. The second-order valence-corrected chi connectivity index (χ2v) is 18.7. The molecule has 13 nitrogen and oxygen atoms in total. The van der Waals surface area contributed by atoms with Crippen molar-refractivity contribution in [1.29, 1.82) is 0 Å². The molecule has 8 atom stereocenters. The Hall–Kier alpha value is -1.93. The molecule has 0 aromatic rings. The highest BCUT2D eigenvalue weighted by Gasteiger charge is 2.51. The van der Waals surface area contributed by atoms with Crippen molar-refractivity contribution in [2.45, 2.75) is 249 Å². The monoisotopic (exact) mass is 917 g/mol. The molecule has 0 aliphatic heterocycles. The molecule has 0 bridgehead atoms. The van der Waals surface area contributed by atoms with Crippen LogP contribution in [-0.4, -0.2) is 98.3 Å². The maximum absolute atomic E-state index is 12.8. The molecule has 0 aromatic heterocycles. The standard InChI is InChI=1S/C49H89O13P/c1-3-5-7-9-11-13-15-17-18-19-20-21-22-23-24-26-27-29-31-33-35-37-42(50)59-39-41(40-60-63(57,58)62-49-47(55)45(53)44(52)46(54)48(49)56)61-43(51)38-36-34-32-30-28-25-16-14-12-10-8-6-4-2/h21-22,25,28,32,34,41,44-49,52-56H,3-20,23-24,26-27,29-31,33,35-40H2,1-2H3,(H,57,58)/b22-21+,28-25+,34-32+/t41?,44?,45-,46?,47?,48?,49?/m0/s1. The Morgan fingerprint density at radius 1 is 0.492 bits per heavy atom. The van der Waals surface area contributed by atoms with Crippen LogP contribution in [0.15, 0.2) is 36.5 Å². The molecule has 1 rings (SSSR count). The van der Waals surface area contributed by atoms with Gasteiger partial charge in [-0.1, -0.05) is 172 Å². The second-order valence-electron chi connectivity index (χ2n) is 17.3. The van der Waals surface area contributed by atoms with Crippen LogP contribution >= 0.6 is 7.82 Å². The minimum absolute atomic E-state index is 0.00951. The Bertz CT molecular complexity index is 1240. The third kappa shape index (κ3) is 31.6. The van der Waals surface area contributed by atoms with Crippen molar-refractivity contribution in [2.24, 2.45) is 0 Å². The summed E-state index contributed by atoms with van der Waals surface area (Å²) >= 11 is 0. The number of rotatable bonds is 41. The summed E-state index contributed by atoms with van der Waals surface area (Å²) in [4.78, 5) is 35.7. The molecular formula is C49H89O13P. The molecular weight excluding hydrogens is 828 g/mol. The van der Waals surface area contributed by atoms with E-state index in [1.54, 1.807) is 0 Å². The maximum Gasteiger partial charge on any atom is 0.472 e. The first-order valence-corrected chi connectivity index (χ1v) is 26.3. The van der Waals surface area contributed by atoms with Crippen LogP contribution in [0.1, 0.15) is 206 Å². The van der Waals surface area contributed by atoms with Gasteiger partial charge < -0.3 is 39.9 Å². The van der Waals surface area contributed by atoms with E-state index in [9.17, 15) is 44.6 Å². The lowest BCUT2D eigenvalue weighted by atomic mass is 9.85. The lowest BCUT2D eigenvalue weighted by Gasteiger charge is -2.41. The summed E-state index contributed by atoms with van der Waals surface area (Å²) in [5, 5.41) is 50.2. The number of hydrogen-bond acceptors (Lipinski definition) is 12. The quantitative estimate of drug-likeness (QED) is 0.0146. The van der Waals surface area contributed by atoms with E-state index in [1.807, 2.05) is 12.2 Å². The van der Waals surface area contributed by atoms with Gasteiger partial charge in [-0.05, 0) is 57.8 Å². The Morgan fingerprint density at radius 2 is 0.889 bits per heavy atom. The average molecular weight is 917 g/mol. The fourth-order valence-corrected chi connectivity index (χ4v) is 8.43. The van der Waals surface area contributed by atoms with Crippen LogP contribution in [-0.2, 0) is 32.7 Å². The molecule has 0 heterocycles. The van der Waals surface area contributed by atoms with Crippen molar-refractivity contribution >= 4 is 19.8 Å². The molecule has 1 saturated carbocycles. The first-order chi connectivity index (χ1) is 30.4. The van der Waals surface area contributed by atoms with E-state index >= 15 is 0 Å². The number of ether oxygens (including phenoxy) is 2. The van der Waals surface area contributed by atoms with Gasteiger partial charge in [0.15, 0.2) is 6.10 Å². The van der Waals surface area contributed by atoms with Crippen molar-refractivity contribution in [2.75, 3.05) is 13.2 Å². The lowest BCUT2D eigenvalue weighted by molar-refractivity contribution is -0.220. The van der Waals surface area contributed by atoms with E-state index < -0.39 is 75.7 Å². The van der Waals surface area contributed by atoms with Crippen molar-refractivity contribution in [1.82, 2.24) is 0 Å². The van der Waals surface area contributed by atoms with Crippen LogP contribution in [0, 0.1) is 0 Å². The Labute approximate surface area is 380 Å². The van der Waals surface area contributed by atoms with Crippen molar-refractivity contribution in [3.63, 3.8) is 0 Å². The number of phosphoric acid groups is 1. The van der Waals surface area contributed by atoms with Gasteiger partial charge in [-0.15, -0.1) is 0 Å². The van der Waals surface area contributed by atoms with Gasteiger partial charge in [0, 0.05) is 12.8 Å². The molecule has 0 amide bonds. The SMILES string of the molecule is CCCCCCCC/C=C/C/C=C/CCC(=O)OC(COC(=O)CCCCCCCCC/C=C/CCCCCCCCCCCC)COP(=O)(O)OC1C(O)C(O)C(O)[C@H](O)C1O. The van der Waals surface area contributed by atoms with Crippen LogP contribution in [0.2, 0.25) is 0 Å². The number of allylic oxidation sites excluding steroid dienone is 6. The zero-order valence-corrected chi connectivity index (χ0v) is 40.0. The number of carbonyl (C=O) groups is 2. The topological polar surface area (TPSA) is 210 Å². The van der Waals surface area contributed by atoms with Crippen LogP contribution in [0.3, 0.4) is 0 Å². The Morgan fingerprint density at radius 3 is 1.37 bits per heavy atom. The highest BCUT2D eigenvalue weighted by Crippen LogP contribution is 2.47. The number of hydrogen-bond donors (Lipinski definition) is 6. The summed E-state index contributed by atoms with van der Waals surface area (Å²) < 4.78 is 33.5. The van der Waals surface area contributed by atoms with Gasteiger partial charge in [-0.25, -0.2) is 4.57 Å². The van der Waals surface area contributed by atoms with Crippen LogP contribution in [0.5, 0.6) is 0 Å². The predicted molar refractivity (Wildman–Crippen MR) is 249 cm³/mol. The van der Waals surface area contributed by atoms with E-state index in [2.05, 4.69) is 38.2 Å². The van der Waals surface area contributed by atoms with Gasteiger partial charge >= 0.3 is 19.8 Å². The zero-order chi connectivity index (χ0) is 46.4. The minimum atomic E-state index is -5.13. The molecule has 7 unspecified atom stereocenters. The number of carbonyl (C=O) groups excluding carboxylic acids is 2. The van der Waals surface area contributed by atoms with Gasteiger partial charge in [0.05, 0.1) is 6.61 Å². The van der Waals surface area contributed by atoms with E-state index in [-0.39, 0.29) is 12.8 Å². The minimum Gasteiger partial charge on any atom is -0.462 e. The third-order valence-electron chi connectivity index (χ3n) is 11.5. The molecule has 0 radical (unpaired) electrons. The molecule has 63 heavy (non-hydrogen) atoms. The highest BCUT2D eigenvalue weighted by atomic mass is 31.2. The first kappa shape index (κ1) is 59.1. The highest BCUT2D eigenvalue weighted by molar-refractivity contribution is 7.47. The first-order valence-electron chi connectivity index (χ1n) is 24.8. The predicted octanol–water partition coefficient (Wildman–Crippen LogP) is 10.2. The molecule has 1 aliphatic carbocycles.